The third-order valence-electron chi connectivity index (χ3n) is 5.11. The highest BCUT2D eigenvalue weighted by molar-refractivity contribution is 5.94. The van der Waals surface area contributed by atoms with Crippen LogP contribution in [0.2, 0.25) is 0 Å². The van der Waals surface area contributed by atoms with E-state index in [0.717, 1.165) is 6.42 Å². The lowest BCUT2D eigenvalue weighted by Crippen LogP contribution is -2.32. The second kappa shape index (κ2) is 9.64. The normalized spacial score (nSPS) is 11.0. The SMILES string of the molecule is CCN(Cc1nc2cc(OC)c(OC)cc2c(=O)[nH]1)C(=O)c1ccc(CC(C)C)cc1. The number of hydrogen-bond donors (Lipinski definition) is 1. The minimum absolute atomic E-state index is 0.103. The van der Waals surface area contributed by atoms with Gasteiger partial charge in [0.15, 0.2) is 11.5 Å². The van der Waals surface area contributed by atoms with Crippen molar-refractivity contribution in [2.24, 2.45) is 5.92 Å². The van der Waals surface area contributed by atoms with Gasteiger partial charge in [0.25, 0.3) is 11.5 Å². The third-order valence-corrected chi connectivity index (χ3v) is 5.11. The summed E-state index contributed by atoms with van der Waals surface area (Å²) in [5.74, 6) is 1.82. The molecule has 1 N–H and O–H groups in total. The van der Waals surface area contributed by atoms with Crippen LogP contribution in [0.1, 0.15) is 42.5 Å². The standard InChI is InChI=1S/C24H29N3O4/c1-6-27(24(29)17-9-7-16(8-10-17)11-15(2)3)14-22-25-19-13-21(31-5)20(30-4)12-18(19)23(28)26-22/h7-10,12-13,15H,6,11,14H2,1-5H3,(H,25,26,28). The van der Waals surface area contributed by atoms with E-state index in [1.54, 1.807) is 17.0 Å². The largest absolute Gasteiger partial charge is 0.493 e. The fourth-order valence-electron chi connectivity index (χ4n) is 3.53. The summed E-state index contributed by atoms with van der Waals surface area (Å²) < 4.78 is 10.6. The smallest absolute Gasteiger partial charge is 0.258 e. The maximum absolute atomic E-state index is 13.0. The molecule has 0 bridgehead atoms. The van der Waals surface area contributed by atoms with Crippen LogP contribution in [0.15, 0.2) is 41.2 Å². The molecule has 0 atom stereocenters. The van der Waals surface area contributed by atoms with Crippen LogP contribution < -0.4 is 15.0 Å². The van der Waals surface area contributed by atoms with Crippen molar-refractivity contribution in [3.05, 3.63) is 63.7 Å². The van der Waals surface area contributed by atoms with E-state index < -0.39 is 0 Å². The van der Waals surface area contributed by atoms with Crippen molar-refractivity contribution >= 4 is 16.8 Å². The molecule has 2 aromatic carbocycles. The molecule has 0 aliphatic rings. The van der Waals surface area contributed by atoms with Gasteiger partial charge in [-0.2, -0.15) is 0 Å². The van der Waals surface area contributed by atoms with Crippen LogP contribution in [0, 0.1) is 5.92 Å². The van der Waals surface area contributed by atoms with E-state index in [1.807, 2.05) is 31.2 Å². The molecule has 0 spiro atoms. The summed E-state index contributed by atoms with van der Waals surface area (Å²) in [6.45, 7) is 6.92. The molecule has 3 aromatic rings. The molecule has 7 heteroatoms. The van der Waals surface area contributed by atoms with E-state index in [9.17, 15) is 9.59 Å². The Hall–Kier alpha value is -3.35. The first-order valence-corrected chi connectivity index (χ1v) is 10.4. The Morgan fingerprint density at radius 2 is 1.74 bits per heavy atom. The molecule has 0 aliphatic carbocycles. The highest BCUT2D eigenvalue weighted by Gasteiger charge is 2.17. The topological polar surface area (TPSA) is 84.5 Å². The van der Waals surface area contributed by atoms with Gasteiger partial charge in [-0.25, -0.2) is 4.98 Å². The molecule has 3 rings (SSSR count). The number of amides is 1. The van der Waals surface area contributed by atoms with E-state index in [4.69, 9.17) is 9.47 Å². The van der Waals surface area contributed by atoms with Gasteiger partial charge in [0, 0.05) is 18.2 Å². The number of fused-ring (bicyclic) bond motifs is 1. The summed E-state index contributed by atoms with van der Waals surface area (Å²) in [7, 11) is 3.04. The van der Waals surface area contributed by atoms with Gasteiger partial charge < -0.3 is 19.4 Å². The number of hydrogen-bond acceptors (Lipinski definition) is 5. The molecule has 0 radical (unpaired) electrons. The predicted molar refractivity (Wildman–Crippen MR) is 121 cm³/mol. The predicted octanol–water partition coefficient (Wildman–Crippen LogP) is 3.80. The van der Waals surface area contributed by atoms with Crippen molar-refractivity contribution in [3.63, 3.8) is 0 Å². The van der Waals surface area contributed by atoms with Gasteiger partial charge in [0.2, 0.25) is 0 Å². The Morgan fingerprint density at radius 3 is 2.32 bits per heavy atom. The van der Waals surface area contributed by atoms with Crippen LogP contribution in [0.5, 0.6) is 11.5 Å². The van der Waals surface area contributed by atoms with E-state index in [0.29, 0.717) is 46.3 Å². The molecule has 0 fully saturated rings. The summed E-state index contributed by atoms with van der Waals surface area (Å²) in [6, 6.07) is 11.0. The number of rotatable bonds is 8. The van der Waals surface area contributed by atoms with E-state index in [-0.39, 0.29) is 18.0 Å². The van der Waals surface area contributed by atoms with Crippen LogP contribution >= 0.6 is 0 Å². The monoisotopic (exact) mass is 423 g/mol. The van der Waals surface area contributed by atoms with Gasteiger partial charge in [0.1, 0.15) is 5.82 Å². The van der Waals surface area contributed by atoms with E-state index in [1.165, 1.54) is 19.8 Å². The van der Waals surface area contributed by atoms with Gasteiger partial charge >= 0.3 is 0 Å². The van der Waals surface area contributed by atoms with E-state index in [2.05, 4.69) is 23.8 Å². The van der Waals surface area contributed by atoms with E-state index >= 15 is 0 Å². The maximum atomic E-state index is 13.0. The van der Waals surface area contributed by atoms with Gasteiger partial charge in [0.05, 0.1) is 31.7 Å². The molecule has 7 nitrogen and oxygen atoms in total. The average Bonchev–Trinajstić information content (AvgIpc) is 2.76. The number of nitrogens with zero attached hydrogens (tertiary/aromatic N) is 2. The molecule has 1 aromatic heterocycles. The second-order valence-corrected chi connectivity index (χ2v) is 7.85. The van der Waals surface area contributed by atoms with Crippen LogP contribution in [0.3, 0.4) is 0 Å². The van der Waals surface area contributed by atoms with Crippen LogP contribution in [-0.4, -0.2) is 41.5 Å². The summed E-state index contributed by atoms with van der Waals surface area (Å²) >= 11 is 0. The number of aromatic nitrogens is 2. The lowest BCUT2D eigenvalue weighted by atomic mass is 10.0. The van der Waals surface area contributed by atoms with Crippen molar-refractivity contribution in [1.29, 1.82) is 0 Å². The average molecular weight is 424 g/mol. The Bertz CT molecular complexity index is 1120. The number of H-pyrrole nitrogens is 1. The maximum Gasteiger partial charge on any atom is 0.258 e. The Balaban J connectivity index is 1.86. The fraction of sp³-hybridized carbons (Fsp3) is 0.375. The van der Waals surface area contributed by atoms with Crippen LogP contribution in [0.25, 0.3) is 10.9 Å². The minimum Gasteiger partial charge on any atom is -0.493 e. The van der Waals surface area contributed by atoms with Crippen LogP contribution in [0.4, 0.5) is 0 Å². The van der Waals surface area contributed by atoms with Gasteiger partial charge in [-0.05, 0) is 43.0 Å². The summed E-state index contributed by atoms with van der Waals surface area (Å²) in [5, 5.41) is 0.400. The fourth-order valence-corrected chi connectivity index (χ4v) is 3.53. The number of carbonyl (C=O) groups is 1. The summed E-state index contributed by atoms with van der Waals surface area (Å²) in [5.41, 5.74) is 2.02. The van der Waals surface area contributed by atoms with Gasteiger partial charge in [-0.1, -0.05) is 26.0 Å². The second-order valence-electron chi connectivity index (χ2n) is 7.85. The number of ether oxygens (including phenoxy) is 2. The first kappa shape index (κ1) is 22.3. The Morgan fingerprint density at radius 1 is 1.10 bits per heavy atom. The molecular weight excluding hydrogens is 394 g/mol. The molecule has 1 amide bonds. The summed E-state index contributed by atoms with van der Waals surface area (Å²) in [6.07, 6.45) is 0.975. The number of carbonyl (C=O) groups excluding carboxylic acids is 1. The molecule has 0 saturated carbocycles. The quantitative estimate of drug-likeness (QED) is 0.596. The highest BCUT2D eigenvalue weighted by atomic mass is 16.5. The van der Waals surface area contributed by atoms with Crippen molar-refractivity contribution in [2.75, 3.05) is 20.8 Å². The number of benzene rings is 2. The first-order valence-electron chi connectivity index (χ1n) is 10.4. The molecule has 1 heterocycles. The third kappa shape index (κ3) is 5.05. The first-order chi connectivity index (χ1) is 14.9. The van der Waals surface area contributed by atoms with Gasteiger partial charge in [-0.15, -0.1) is 0 Å². The zero-order valence-electron chi connectivity index (χ0n) is 18.7. The Labute approximate surface area is 182 Å². The lowest BCUT2D eigenvalue weighted by Gasteiger charge is -2.21. The molecule has 164 valence electrons. The van der Waals surface area contributed by atoms with Crippen molar-refractivity contribution in [3.8, 4) is 11.5 Å². The van der Waals surface area contributed by atoms with Crippen molar-refractivity contribution in [2.45, 2.75) is 33.7 Å². The number of methoxy groups -OCH3 is 2. The van der Waals surface area contributed by atoms with Crippen molar-refractivity contribution < 1.29 is 14.3 Å². The van der Waals surface area contributed by atoms with Crippen molar-refractivity contribution in [1.82, 2.24) is 14.9 Å². The molecular formula is C24H29N3O4. The number of nitrogens with one attached hydrogen (secondary N) is 1. The molecule has 31 heavy (non-hydrogen) atoms. The van der Waals surface area contributed by atoms with Gasteiger partial charge in [-0.3, -0.25) is 9.59 Å². The highest BCUT2D eigenvalue weighted by Crippen LogP contribution is 2.30. The zero-order valence-corrected chi connectivity index (χ0v) is 18.7. The zero-order chi connectivity index (χ0) is 22.5. The summed E-state index contributed by atoms with van der Waals surface area (Å²) in [4.78, 5) is 34.6. The molecule has 0 saturated heterocycles. The Kier molecular flexibility index (Phi) is 6.95. The number of aromatic amines is 1. The van der Waals surface area contributed by atoms with Crippen LogP contribution in [-0.2, 0) is 13.0 Å². The minimum atomic E-state index is -0.289. The lowest BCUT2D eigenvalue weighted by molar-refractivity contribution is 0.0748. The molecule has 0 aliphatic heterocycles. The molecule has 0 unspecified atom stereocenters.